The number of aryl methyl sites for hydroxylation is 3. The molecule has 1 aromatic carbocycles. The van der Waals surface area contributed by atoms with Crippen molar-refractivity contribution in [3.05, 3.63) is 55.7 Å². The van der Waals surface area contributed by atoms with Crippen LogP contribution in [0.3, 0.4) is 0 Å². The molecule has 1 heterocycles. The van der Waals surface area contributed by atoms with E-state index in [1.54, 1.807) is 11.3 Å². The van der Waals surface area contributed by atoms with E-state index in [1.807, 2.05) is 25.1 Å². The van der Waals surface area contributed by atoms with Gasteiger partial charge in [-0.05, 0) is 49.6 Å². The molecule has 17 heavy (non-hydrogen) atoms. The average Bonchev–Trinajstić information content (AvgIpc) is 2.61. The Bertz CT molecular complexity index is 543. The van der Waals surface area contributed by atoms with Crippen LogP contribution in [0.4, 0.5) is 0 Å². The lowest BCUT2D eigenvalue weighted by molar-refractivity contribution is 1.15. The third-order valence-electron chi connectivity index (χ3n) is 2.80. The molecule has 2 aromatic rings. The first-order chi connectivity index (χ1) is 7.99. The molecule has 0 aliphatic rings. The molecule has 0 saturated heterocycles. The van der Waals surface area contributed by atoms with Gasteiger partial charge in [-0.25, -0.2) is 0 Å². The van der Waals surface area contributed by atoms with Gasteiger partial charge in [0.15, 0.2) is 0 Å². The summed E-state index contributed by atoms with van der Waals surface area (Å²) < 4.78 is 0. The minimum Gasteiger partial charge on any atom is -0.143 e. The summed E-state index contributed by atoms with van der Waals surface area (Å²) in [5.41, 5.74) is 3.40. The highest BCUT2D eigenvalue weighted by atomic mass is 35.5. The lowest BCUT2D eigenvalue weighted by atomic mass is 10.1. The fraction of sp³-hybridized carbons (Fsp3) is 0.286. The first kappa shape index (κ1) is 12.9. The maximum Gasteiger partial charge on any atom is 0.0931 e. The second kappa shape index (κ2) is 5.01. The van der Waals surface area contributed by atoms with Crippen LogP contribution in [0, 0.1) is 20.8 Å². The van der Waals surface area contributed by atoms with Gasteiger partial charge < -0.3 is 0 Å². The van der Waals surface area contributed by atoms with Gasteiger partial charge in [0.25, 0.3) is 0 Å². The molecule has 0 spiro atoms. The molecule has 0 fully saturated rings. The Morgan fingerprint density at radius 1 is 1.06 bits per heavy atom. The first-order valence-electron chi connectivity index (χ1n) is 5.46. The SMILES string of the molecule is Cc1cc(C)c(C(Cl)c2ccc(C)c(Cl)c2)s1. The monoisotopic (exact) mass is 284 g/mol. The Hall–Kier alpha value is -0.500. The zero-order valence-electron chi connectivity index (χ0n) is 10.1. The number of rotatable bonds is 2. The highest BCUT2D eigenvalue weighted by molar-refractivity contribution is 7.12. The molecule has 2 rings (SSSR count). The Kier molecular flexibility index (Phi) is 3.82. The van der Waals surface area contributed by atoms with Gasteiger partial charge in [-0.1, -0.05) is 23.7 Å². The molecule has 0 aliphatic heterocycles. The molecule has 1 aromatic heterocycles. The average molecular weight is 285 g/mol. The highest BCUT2D eigenvalue weighted by Gasteiger charge is 2.16. The van der Waals surface area contributed by atoms with Crippen molar-refractivity contribution in [3.63, 3.8) is 0 Å². The fourth-order valence-corrected chi connectivity index (χ4v) is 3.50. The molecule has 90 valence electrons. The molecule has 1 atom stereocenters. The third-order valence-corrected chi connectivity index (χ3v) is 5.02. The Morgan fingerprint density at radius 3 is 2.29 bits per heavy atom. The zero-order chi connectivity index (χ0) is 12.6. The Balaban J connectivity index is 2.40. The van der Waals surface area contributed by atoms with Gasteiger partial charge in [0.1, 0.15) is 0 Å². The number of halogens is 2. The molecule has 0 N–H and O–H groups in total. The van der Waals surface area contributed by atoms with Crippen molar-refractivity contribution < 1.29 is 0 Å². The van der Waals surface area contributed by atoms with Crippen molar-refractivity contribution in [2.45, 2.75) is 26.1 Å². The minimum absolute atomic E-state index is 0.105. The number of hydrogen-bond acceptors (Lipinski definition) is 1. The molecule has 0 aliphatic carbocycles. The van der Waals surface area contributed by atoms with Crippen LogP contribution in [0.25, 0.3) is 0 Å². The normalized spacial score (nSPS) is 12.8. The van der Waals surface area contributed by atoms with E-state index in [0.717, 1.165) is 16.1 Å². The summed E-state index contributed by atoms with van der Waals surface area (Å²) in [5, 5.41) is 0.672. The summed E-state index contributed by atoms with van der Waals surface area (Å²) in [4.78, 5) is 2.51. The second-order valence-corrected chi connectivity index (χ2v) is 6.41. The molecule has 0 saturated carbocycles. The van der Waals surface area contributed by atoms with Gasteiger partial charge in [0.05, 0.1) is 5.38 Å². The van der Waals surface area contributed by atoms with Crippen molar-refractivity contribution in [1.82, 2.24) is 0 Å². The number of thiophene rings is 1. The van der Waals surface area contributed by atoms with E-state index in [4.69, 9.17) is 23.2 Å². The quantitative estimate of drug-likeness (QED) is 0.625. The molecule has 1 unspecified atom stereocenters. The van der Waals surface area contributed by atoms with Crippen molar-refractivity contribution in [3.8, 4) is 0 Å². The Labute approximate surface area is 116 Å². The van der Waals surface area contributed by atoms with Crippen molar-refractivity contribution in [2.75, 3.05) is 0 Å². The fourth-order valence-electron chi connectivity index (χ4n) is 1.83. The van der Waals surface area contributed by atoms with Crippen LogP contribution in [0.15, 0.2) is 24.3 Å². The van der Waals surface area contributed by atoms with E-state index < -0.39 is 0 Å². The molecule has 0 bridgehead atoms. The summed E-state index contributed by atoms with van der Waals surface area (Å²) in [6.45, 7) is 6.20. The summed E-state index contributed by atoms with van der Waals surface area (Å²) in [6, 6.07) is 8.20. The lowest BCUT2D eigenvalue weighted by Gasteiger charge is -2.10. The number of hydrogen-bond donors (Lipinski definition) is 0. The van der Waals surface area contributed by atoms with Crippen molar-refractivity contribution in [1.29, 1.82) is 0 Å². The molecule has 0 amide bonds. The molecule has 0 nitrogen and oxygen atoms in total. The van der Waals surface area contributed by atoms with Crippen LogP contribution in [-0.4, -0.2) is 0 Å². The van der Waals surface area contributed by atoms with E-state index in [9.17, 15) is 0 Å². The maximum atomic E-state index is 6.53. The summed E-state index contributed by atoms with van der Waals surface area (Å²) in [5.74, 6) is 0. The van der Waals surface area contributed by atoms with Crippen LogP contribution in [0.2, 0.25) is 5.02 Å². The van der Waals surface area contributed by atoms with Gasteiger partial charge >= 0.3 is 0 Å². The van der Waals surface area contributed by atoms with E-state index >= 15 is 0 Å². The maximum absolute atomic E-state index is 6.53. The predicted octanol–water partition coefficient (Wildman–Crippen LogP) is 5.65. The number of alkyl halides is 1. The number of benzene rings is 1. The van der Waals surface area contributed by atoms with Crippen molar-refractivity contribution in [2.24, 2.45) is 0 Å². The van der Waals surface area contributed by atoms with Gasteiger partial charge in [-0.15, -0.1) is 22.9 Å². The van der Waals surface area contributed by atoms with Crippen molar-refractivity contribution >= 4 is 34.5 Å². The molecular formula is C14H14Cl2S. The van der Waals surface area contributed by atoms with E-state index in [-0.39, 0.29) is 5.38 Å². The molecular weight excluding hydrogens is 271 g/mol. The van der Waals surface area contributed by atoms with Crippen LogP contribution >= 0.6 is 34.5 Å². The topological polar surface area (TPSA) is 0 Å². The van der Waals surface area contributed by atoms with E-state index in [2.05, 4.69) is 19.9 Å². The van der Waals surface area contributed by atoms with E-state index in [1.165, 1.54) is 15.3 Å². The second-order valence-electron chi connectivity index (χ2n) is 4.28. The van der Waals surface area contributed by atoms with Crippen LogP contribution < -0.4 is 0 Å². The summed E-state index contributed by atoms with van der Waals surface area (Å²) in [7, 11) is 0. The lowest BCUT2D eigenvalue weighted by Crippen LogP contribution is -1.92. The van der Waals surface area contributed by atoms with E-state index in [0.29, 0.717) is 0 Å². The minimum atomic E-state index is -0.105. The van der Waals surface area contributed by atoms with Gasteiger partial charge in [-0.2, -0.15) is 0 Å². The van der Waals surface area contributed by atoms with Crippen LogP contribution in [0.5, 0.6) is 0 Å². The predicted molar refractivity (Wildman–Crippen MR) is 77.7 cm³/mol. The third kappa shape index (κ3) is 2.67. The van der Waals surface area contributed by atoms with Gasteiger partial charge in [0.2, 0.25) is 0 Å². The van der Waals surface area contributed by atoms with Crippen LogP contribution in [0.1, 0.15) is 31.8 Å². The molecule has 3 heteroatoms. The highest BCUT2D eigenvalue weighted by Crippen LogP contribution is 2.37. The van der Waals surface area contributed by atoms with Gasteiger partial charge in [0, 0.05) is 14.8 Å². The summed E-state index contributed by atoms with van der Waals surface area (Å²) >= 11 is 14.4. The van der Waals surface area contributed by atoms with Gasteiger partial charge in [-0.3, -0.25) is 0 Å². The Morgan fingerprint density at radius 2 is 1.76 bits per heavy atom. The smallest absolute Gasteiger partial charge is 0.0931 e. The largest absolute Gasteiger partial charge is 0.143 e. The first-order valence-corrected chi connectivity index (χ1v) is 7.09. The zero-order valence-corrected chi connectivity index (χ0v) is 12.4. The van der Waals surface area contributed by atoms with Crippen LogP contribution in [-0.2, 0) is 0 Å². The molecule has 0 radical (unpaired) electrons. The standard InChI is InChI=1S/C14H14Cl2S/c1-8-4-5-11(7-12(8)15)13(16)14-9(2)6-10(3)17-14/h4-7,13H,1-3H3. The summed E-state index contributed by atoms with van der Waals surface area (Å²) in [6.07, 6.45) is 0.